The molecule has 1 aromatic carbocycles. The number of methoxy groups -OCH3 is 1. The standard InChI is InChI=1S/C18H18F3NO3/c1-10(2)22-11(3)15(17(24)25-4)13(16(22)23)9-12-7-5-6-8-14(12)18(19,20)21/h5-10H,1-4H3/b13-9-. The van der Waals surface area contributed by atoms with Crippen molar-refractivity contribution < 1.29 is 27.5 Å². The number of carbonyl (C=O) groups is 2. The fourth-order valence-electron chi connectivity index (χ4n) is 2.86. The maximum absolute atomic E-state index is 13.2. The number of rotatable bonds is 3. The van der Waals surface area contributed by atoms with Gasteiger partial charge in [0.15, 0.2) is 0 Å². The molecule has 0 aliphatic carbocycles. The van der Waals surface area contributed by atoms with Crippen molar-refractivity contribution in [2.45, 2.75) is 33.0 Å². The molecular formula is C18H18F3NO3. The minimum Gasteiger partial charge on any atom is -0.465 e. The van der Waals surface area contributed by atoms with Gasteiger partial charge in [-0.15, -0.1) is 0 Å². The highest BCUT2D eigenvalue weighted by Gasteiger charge is 2.39. The lowest BCUT2D eigenvalue weighted by Gasteiger charge is -2.22. The highest BCUT2D eigenvalue weighted by Crippen LogP contribution is 2.36. The molecule has 0 aromatic heterocycles. The van der Waals surface area contributed by atoms with E-state index in [9.17, 15) is 22.8 Å². The van der Waals surface area contributed by atoms with Crippen LogP contribution in [0, 0.1) is 0 Å². The second-order valence-electron chi connectivity index (χ2n) is 5.86. The van der Waals surface area contributed by atoms with E-state index < -0.39 is 23.6 Å². The Morgan fingerprint density at radius 1 is 1.24 bits per heavy atom. The minimum absolute atomic E-state index is 0.0156. The molecule has 0 N–H and O–H groups in total. The SMILES string of the molecule is COC(=O)C1=C(C)N(C(C)C)C(=O)/C1=C\c1ccccc1C(F)(F)F. The first kappa shape index (κ1) is 18.8. The maximum Gasteiger partial charge on any atom is 0.416 e. The van der Waals surface area contributed by atoms with Gasteiger partial charge in [-0.1, -0.05) is 18.2 Å². The second-order valence-corrected chi connectivity index (χ2v) is 5.86. The predicted molar refractivity (Wildman–Crippen MR) is 86.1 cm³/mol. The van der Waals surface area contributed by atoms with Crippen molar-refractivity contribution in [1.29, 1.82) is 0 Å². The van der Waals surface area contributed by atoms with Gasteiger partial charge >= 0.3 is 12.1 Å². The van der Waals surface area contributed by atoms with E-state index in [2.05, 4.69) is 0 Å². The molecule has 134 valence electrons. The van der Waals surface area contributed by atoms with Crippen LogP contribution in [0.5, 0.6) is 0 Å². The predicted octanol–water partition coefficient (Wildman–Crippen LogP) is 3.79. The zero-order valence-corrected chi connectivity index (χ0v) is 14.3. The van der Waals surface area contributed by atoms with Crippen LogP contribution >= 0.6 is 0 Å². The van der Waals surface area contributed by atoms with Crippen LogP contribution in [0.3, 0.4) is 0 Å². The molecule has 1 aromatic rings. The smallest absolute Gasteiger partial charge is 0.416 e. The Bertz CT molecular complexity index is 776. The van der Waals surface area contributed by atoms with Crippen molar-refractivity contribution in [2.75, 3.05) is 7.11 Å². The molecular weight excluding hydrogens is 335 g/mol. The topological polar surface area (TPSA) is 46.6 Å². The summed E-state index contributed by atoms with van der Waals surface area (Å²) in [4.78, 5) is 26.1. The fraction of sp³-hybridized carbons (Fsp3) is 0.333. The summed E-state index contributed by atoms with van der Waals surface area (Å²) in [5.74, 6) is -1.28. The van der Waals surface area contributed by atoms with E-state index >= 15 is 0 Å². The Hall–Kier alpha value is -2.57. The number of alkyl halides is 3. The van der Waals surface area contributed by atoms with E-state index in [1.54, 1.807) is 20.8 Å². The van der Waals surface area contributed by atoms with Crippen LogP contribution in [-0.2, 0) is 20.5 Å². The lowest BCUT2D eigenvalue weighted by molar-refractivity contribution is -0.138. The Balaban J connectivity index is 2.67. The zero-order valence-electron chi connectivity index (χ0n) is 14.3. The lowest BCUT2D eigenvalue weighted by atomic mass is 10.00. The molecule has 2 rings (SSSR count). The number of benzene rings is 1. The lowest BCUT2D eigenvalue weighted by Crippen LogP contribution is -2.31. The molecule has 1 amide bonds. The van der Waals surface area contributed by atoms with Gasteiger partial charge in [-0.2, -0.15) is 13.2 Å². The Kier molecular flexibility index (Phi) is 5.06. The van der Waals surface area contributed by atoms with Gasteiger partial charge in [0.2, 0.25) is 0 Å². The molecule has 1 aliphatic heterocycles. The summed E-state index contributed by atoms with van der Waals surface area (Å²) in [7, 11) is 1.16. The summed E-state index contributed by atoms with van der Waals surface area (Å²) >= 11 is 0. The van der Waals surface area contributed by atoms with Gasteiger partial charge in [-0.05, 0) is 38.5 Å². The quantitative estimate of drug-likeness (QED) is 0.614. The summed E-state index contributed by atoms with van der Waals surface area (Å²) in [6.07, 6.45) is -3.47. The van der Waals surface area contributed by atoms with E-state index in [0.717, 1.165) is 19.3 Å². The number of esters is 1. The molecule has 0 spiro atoms. The molecule has 0 unspecified atom stereocenters. The van der Waals surface area contributed by atoms with Gasteiger partial charge in [0.25, 0.3) is 5.91 Å². The molecule has 0 saturated heterocycles. The van der Waals surface area contributed by atoms with Gasteiger partial charge in [0.1, 0.15) is 0 Å². The van der Waals surface area contributed by atoms with E-state index in [-0.39, 0.29) is 22.8 Å². The van der Waals surface area contributed by atoms with E-state index in [1.165, 1.54) is 23.1 Å². The molecule has 0 atom stereocenters. The molecule has 7 heteroatoms. The van der Waals surface area contributed by atoms with Crippen LogP contribution in [0.25, 0.3) is 6.08 Å². The fourth-order valence-corrected chi connectivity index (χ4v) is 2.86. The summed E-state index contributed by atoms with van der Waals surface area (Å²) in [5, 5.41) is 0. The first-order valence-corrected chi connectivity index (χ1v) is 7.60. The summed E-state index contributed by atoms with van der Waals surface area (Å²) < 4.78 is 44.3. The number of hydrogen-bond donors (Lipinski definition) is 0. The average Bonchev–Trinajstić information content (AvgIpc) is 2.77. The van der Waals surface area contributed by atoms with Gasteiger partial charge in [0, 0.05) is 11.7 Å². The van der Waals surface area contributed by atoms with Crippen molar-refractivity contribution in [3.63, 3.8) is 0 Å². The minimum atomic E-state index is -4.57. The highest BCUT2D eigenvalue weighted by atomic mass is 19.4. The van der Waals surface area contributed by atoms with Crippen LogP contribution in [0.1, 0.15) is 31.9 Å². The van der Waals surface area contributed by atoms with Gasteiger partial charge in [-0.3, -0.25) is 4.79 Å². The number of ether oxygens (including phenoxy) is 1. The van der Waals surface area contributed by atoms with Crippen molar-refractivity contribution >= 4 is 18.0 Å². The largest absolute Gasteiger partial charge is 0.465 e. The van der Waals surface area contributed by atoms with Crippen LogP contribution in [0.15, 0.2) is 41.1 Å². The van der Waals surface area contributed by atoms with Crippen molar-refractivity contribution in [3.8, 4) is 0 Å². The number of hydrogen-bond acceptors (Lipinski definition) is 3. The van der Waals surface area contributed by atoms with Crippen molar-refractivity contribution in [2.24, 2.45) is 0 Å². The van der Waals surface area contributed by atoms with Gasteiger partial charge < -0.3 is 9.64 Å². The van der Waals surface area contributed by atoms with Crippen LogP contribution in [-0.4, -0.2) is 29.9 Å². The highest BCUT2D eigenvalue weighted by molar-refractivity contribution is 6.16. The van der Waals surface area contributed by atoms with Crippen molar-refractivity contribution in [1.82, 2.24) is 4.90 Å². The third-order valence-corrected chi connectivity index (χ3v) is 3.91. The number of allylic oxidation sites excluding steroid dienone is 1. The molecule has 1 heterocycles. The molecule has 0 bridgehead atoms. The Morgan fingerprint density at radius 3 is 2.36 bits per heavy atom. The van der Waals surface area contributed by atoms with Crippen LogP contribution in [0.4, 0.5) is 13.2 Å². The molecule has 25 heavy (non-hydrogen) atoms. The summed E-state index contributed by atoms with van der Waals surface area (Å²) in [5.41, 5.74) is -0.811. The normalized spacial score (nSPS) is 17.0. The van der Waals surface area contributed by atoms with Crippen molar-refractivity contribution in [3.05, 3.63) is 52.2 Å². The number of amides is 1. The number of carbonyl (C=O) groups excluding carboxylic acids is 2. The third kappa shape index (κ3) is 3.45. The third-order valence-electron chi connectivity index (χ3n) is 3.91. The van der Waals surface area contributed by atoms with E-state index in [1.807, 2.05) is 0 Å². The van der Waals surface area contributed by atoms with Gasteiger partial charge in [-0.25, -0.2) is 4.79 Å². The molecule has 1 aliphatic rings. The molecule has 4 nitrogen and oxygen atoms in total. The Morgan fingerprint density at radius 2 is 1.84 bits per heavy atom. The van der Waals surface area contributed by atoms with E-state index in [0.29, 0.717) is 5.70 Å². The first-order chi connectivity index (χ1) is 11.6. The number of nitrogens with zero attached hydrogens (tertiary/aromatic N) is 1. The first-order valence-electron chi connectivity index (χ1n) is 7.60. The Labute approximate surface area is 143 Å². The average molecular weight is 353 g/mol. The zero-order chi connectivity index (χ0) is 18.9. The summed E-state index contributed by atoms with van der Waals surface area (Å²) in [6, 6.07) is 4.64. The molecule has 0 fully saturated rings. The molecule has 0 saturated carbocycles. The number of halogens is 3. The summed E-state index contributed by atoms with van der Waals surface area (Å²) in [6.45, 7) is 5.08. The van der Waals surface area contributed by atoms with Crippen LogP contribution < -0.4 is 0 Å². The van der Waals surface area contributed by atoms with E-state index in [4.69, 9.17) is 4.74 Å². The van der Waals surface area contributed by atoms with Crippen LogP contribution in [0.2, 0.25) is 0 Å². The van der Waals surface area contributed by atoms with Gasteiger partial charge in [0.05, 0.1) is 23.8 Å². The monoisotopic (exact) mass is 353 g/mol. The maximum atomic E-state index is 13.2. The second kappa shape index (κ2) is 6.74. The molecule has 0 radical (unpaired) electrons.